The standard InChI is InChI=1S/C33H36O6/c1-34-20-22-36-24-38-31-19-11-18-30(33(31)39-25-37-23-21-35-2)28-16-9-10-17-29(28)32(26-12-5-3-6-13-26)27-14-7-4-8-15-27/h3-19,32H,20-25H2,1-2H3. The highest BCUT2D eigenvalue weighted by Gasteiger charge is 2.23. The molecule has 39 heavy (non-hydrogen) atoms. The summed E-state index contributed by atoms with van der Waals surface area (Å²) in [4.78, 5) is 0. The molecule has 4 aromatic carbocycles. The number of rotatable bonds is 16. The van der Waals surface area contributed by atoms with Crippen LogP contribution in [0.5, 0.6) is 11.5 Å². The first-order valence-electron chi connectivity index (χ1n) is 13.0. The zero-order chi connectivity index (χ0) is 27.1. The lowest BCUT2D eigenvalue weighted by atomic mass is 9.81. The van der Waals surface area contributed by atoms with E-state index in [9.17, 15) is 0 Å². The van der Waals surface area contributed by atoms with E-state index < -0.39 is 0 Å². The van der Waals surface area contributed by atoms with E-state index in [1.165, 1.54) is 11.1 Å². The van der Waals surface area contributed by atoms with Crippen LogP contribution in [-0.4, -0.2) is 54.2 Å². The van der Waals surface area contributed by atoms with Crippen molar-refractivity contribution in [1.29, 1.82) is 0 Å². The minimum Gasteiger partial charge on any atom is -0.464 e. The zero-order valence-electron chi connectivity index (χ0n) is 22.6. The third-order valence-electron chi connectivity index (χ3n) is 6.25. The Bertz CT molecular complexity index is 1210. The molecule has 0 spiro atoms. The van der Waals surface area contributed by atoms with E-state index in [0.717, 1.165) is 16.7 Å². The maximum atomic E-state index is 6.21. The van der Waals surface area contributed by atoms with Gasteiger partial charge in [-0.1, -0.05) is 97.1 Å². The molecule has 6 nitrogen and oxygen atoms in total. The average molecular weight is 529 g/mol. The molecule has 0 atom stereocenters. The van der Waals surface area contributed by atoms with Crippen molar-refractivity contribution >= 4 is 0 Å². The fraction of sp³-hybridized carbons (Fsp3) is 0.273. The molecule has 0 saturated carbocycles. The number of hydrogen-bond acceptors (Lipinski definition) is 6. The van der Waals surface area contributed by atoms with E-state index >= 15 is 0 Å². The summed E-state index contributed by atoms with van der Waals surface area (Å²) in [6, 6.07) is 35.4. The van der Waals surface area contributed by atoms with Gasteiger partial charge in [0.05, 0.1) is 26.4 Å². The number of methoxy groups -OCH3 is 2. The summed E-state index contributed by atoms with van der Waals surface area (Å²) in [5.74, 6) is 1.19. The summed E-state index contributed by atoms with van der Waals surface area (Å²) in [5, 5.41) is 0. The van der Waals surface area contributed by atoms with Crippen molar-refractivity contribution in [3.63, 3.8) is 0 Å². The van der Waals surface area contributed by atoms with Crippen LogP contribution in [-0.2, 0) is 18.9 Å². The third-order valence-corrected chi connectivity index (χ3v) is 6.25. The molecule has 0 aliphatic heterocycles. The molecular formula is C33H36O6. The Labute approximate surface area is 231 Å². The monoisotopic (exact) mass is 528 g/mol. The van der Waals surface area contributed by atoms with Gasteiger partial charge in [-0.15, -0.1) is 0 Å². The smallest absolute Gasteiger partial charge is 0.189 e. The lowest BCUT2D eigenvalue weighted by Crippen LogP contribution is -2.11. The molecule has 4 rings (SSSR count). The fourth-order valence-corrected chi connectivity index (χ4v) is 4.44. The Morgan fingerprint density at radius 2 is 1.05 bits per heavy atom. The summed E-state index contributed by atoms with van der Waals surface area (Å²) in [7, 11) is 3.28. The van der Waals surface area contributed by atoms with Crippen LogP contribution in [0.15, 0.2) is 103 Å². The van der Waals surface area contributed by atoms with Crippen molar-refractivity contribution in [2.75, 3.05) is 54.2 Å². The SMILES string of the molecule is COCCOCOc1cccc(-c2ccccc2C(c2ccccc2)c2ccccc2)c1OCOCCOC. The van der Waals surface area contributed by atoms with Crippen molar-refractivity contribution < 1.29 is 28.4 Å². The van der Waals surface area contributed by atoms with Crippen LogP contribution in [0.1, 0.15) is 22.6 Å². The van der Waals surface area contributed by atoms with Crippen LogP contribution in [0.4, 0.5) is 0 Å². The molecule has 0 radical (unpaired) electrons. The average Bonchev–Trinajstić information content (AvgIpc) is 2.99. The zero-order valence-corrected chi connectivity index (χ0v) is 22.6. The molecule has 0 aliphatic carbocycles. The third kappa shape index (κ3) is 7.91. The highest BCUT2D eigenvalue weighted by molar-refractivity contribution is 5.78. The van der Waals surface area contributed by atoms with Gasteiger partial charge < -0.3 is 28.4 Å². The second kappa shape index (κ2) is 15.7. The number of para-hydroxylation sites is 1. The lowest BCUT2D eigenvalue weighted by Gasteiger charge is -2.24. The van der Waals surface area contributed by atoms with E-state index in [1.54, 1.807) is 14.2 Å². The van der Waals surface area contributed by atoms with Crippen molar-refractivity contribution in [3.8, 4) is 22.6 Å². The predicted octanol–water partition coefficient (Wildman–Crippen LogP) is 6.53. The van der Waals surface area contributed by atoms with Gasteiger partial charge in [0.25, 0.3) is 0 Å². The molecule has 0 aromatic heterocycles. The van der Waals surface area contributed by atoms with Crippen LogP contribution in [0.25, 0.3) is 11.1 Å². The Hall–Kier alpha value is -3.68. The predicted molar refractivity (Wildman–Crippen MR) is 152 cm³/mol. The Morgan fingerprint density at radius 3 is 1.67 bits per heavy atom. The molecule has 0 saturated heterocycles. The Morgan fingerprint density at radius 1 is 0.513 bits per heavy atom. The van der Waals surface area contributed by atoms with E-state index in [2.05, 4.69) is 72.8 Å². The first-order valence-corrected chi connectivity index (χ1v) is 13.0. The van der Waals surface area contributed by atoms with Gasteiger partial charge >= 0.3 is 0 Å². The summed E-state index contributed by atoms with van der Waals surface area (Å²) >= 11 is 0. The van der Waals surface area contributed by atoms with Gasteiger partial charge in [-0.2, -0.15) is 0 Å². The number of ether oxygens (including phenoxy) is 6. The molecule has 0 fully saturated rings. The molecule has 0 unspecified atom stereocenters. The van der Waals surface area contributed by atoms with E-state index in [-0.39, 0.29) is 19.5 Å². The minimum atomic E-state index is 0.0244. The van der Waals surface area contributed by atoms with E-state index in [4.69, 9.17) is 28.4 Å². The van der Waals surface area contributed by atoms with Crippen LogP contribution >= 0.6 is 0 Å². The summed E-state index contributed by atoms with van der Waals surface area (Å²) in [6.45, 7) is 1.98. The van der Waals surface area contributed by atoms with Gasteiger partial charge in [-0.25, -0.2) is 0 Å². The second-order valence-corrected chi connectivity index (χ2v) is 8.80. The summed E-state index contributed by atoms with van der Waals surface area (Å²) in [6.07, 6.45) is 0. The summed E-state index contributed by atoms with van der Waals surface area (Å²) < 4.78 is 33.6. The topological polar surface area (TPSA) is 55.4 Å². The van der Waals surface area contributed by atoms with Crippen LogP contribution in [0.3, 0.4) is 0 Å². The maximum absolute atomic E-state index is 6.21. The highest BCUT2D eigenvalue weighted by atomic mass is 16.7. The van der Waals surface area contributed by atoms with Crippen molar-refractivity contribution in [2.45, 2.75) is 5.92 Å². The van der Waals surface area contributed by atoms with Gasteiger partial charge in [-0.3, -0.25) is 0 Å². The molecule has 0 N–H and O–H groups in total. The molecule has 4 aromatic rings. The van der Waals surface area contributed by atoms with Gasteiger partial charge in [0.2, 0.25) is 0 Å². The fourth-order valence-electron chi connectivity index (χ4n) is 4.44. The van der Waals surface area contributed by atoms with Crippen molar-refractivity contribution in [3.05, 3.63) is 120 Å². The van der Waals surface area contributed by atoms with Crippen molar-refractivity contribution in [2.24, 2.45) is 0 Å². The molecule has 0 aliphatic rings. The maximum Gasteiger partial charge on any atom is 0.189 e. The lowest BCUT2D eigenvalue weighted by molar-refractivity contribution is -0.0205. The highest BCUT2D eigenvalue weighted by Crippen LogP contribution is 2.44. The largest absolute Gasteiger partial charge is 0.464 e. The first-order chi connectivity index (χ1) is 19.3. The van der Waals surface area contributed by atoms with Gasteiger partial charge in [0.15, 0.2) is 25.1 Å². The number of benzene rings is 4. The van der Waals surface area contributed by atoms with Crippen LogP contribution < -0.4 is 9.47 Å². The van der Waals surface area contributed by atoms with Crippen LogP contribution in [0, 0.1) is 0 Å². The van der Waals surface area contributed by atoms with Gasteiger partial charge in [0, 0.05) is 25.7 Å². The molecule has 204 valence electrons. The van der Waals surface area contributed by atoms with Crippen LogP contribution in [0.2, 0.25) is 0 Å². The van der Waals surface area contributed by atoms with E-state index in [0.29, 0.717) is 37.9 Å². The Kier molecular flexibility index (Phi) is 11.4. The molecular weight excluding hydrogens is 492 g/mol. The molecule has 6 heteroatoms. The molecule has 0 amide bonds. The van der Waals surface area contributed by atoms with Crippen molar-refractivity contribution in [1.82, 2.24) is 0 Å². The second-order valence-electron chi connectivity index (χ2n) is 8.80. The molecule has 0 heterocycles. The minimum absolute atomic E-state index is 0.0244. The number of hydrogen-bond donors (Lipinski definition) is 0. The first kappa shape index (κ1) is 28.3. The van der Waals surface area contributed by atoms with Gasteiger partial charge in [0.1, 0.15) is 0 Å². The quantitative estimate of drug-likeness (QED) is 0.0936. The Balaban J connectivity index is 1.75. The summed E-state index contributed by atoms with van der Waals surface area (Å²) in [5.41, 5.74) is 5.54. The molecule has 0 bridgehead atoms. The normalized spacial score (nSPS) is 11.1. The van der Waals surface area contributed by atoms with E-state index in [1.807, 2.05) is 30.3 Å². The van der Waals surface area contributed by atoms with Gasteiger partial charge in [-0.05, 0) is 28.3 Å².